The number of hydrogen-bond donors (Lipinski definition) is 2. The van der Waals surface area contributed by atoms with Crippen molar-refractivity contribution in [1.82, 2.24) is 10.2 Å². The molecular weight excluding hydrogens is 302 g/mol. The van der Waals surface area contributed by atoms with Gasteiger partial charge in [0.25, 0.3) is 0 Å². The number of nitrogens with one attached hydrogen (secondary N) is 1. The van der Waals surface area contributed by atoms with Crippen molar-refractivity contribution in [1.29, 1.82) is 0 Å². The number of benzene rings is 1. The summed E-state index contributed by atoms with van der Waals surface area (Å²) in [6.07, 6.45) is 1.03. The highest BCUT2D eigenvalue weighted by Gasteiger charge is 2.16. The minimum atomic E-state index is 0.185. The summed E-state index contributed by atoms with van der Waals surface area (Å²) in [5.74, 6) is 0.508. The fraction of sp³-hybridized carbons (Fsp3) is 0.611. The van der Waals surface area contributed by atoms with Crippen LogP contribution in [0.5, 0.6) is 0 Å². The Morgan fingerprint density at radius 3 is 2.62 bits per heavy atom. The van der Waals surface area contributed by atoms with E-state index in [9.17, 15) is 0 Å². The van der Waals surface area contributed by atoms with Crippen molar-refractivity contribution < 1.29 is 4.74 Å². The number of hydrogen-bond acceptors (Lipinski definition) is 4. The molecule has 1 aliphatic heterocycles. The summed E-state index contributed by atoms with van der Waals surface area (Å²) in [4.78, 5) is 9.34. The number of para-hydroxylation sites is 1. The van der Waals surface area contributed by atoms with Crippen LogP contribution < -0.4 is 16.0 Å². The van der Waals surface area contributed by atoms with Gasteiger partial charge in [-0.2, -0.15) is 0 Å². The van der Waals surface area contributed by atoms with E-state index in [-0.39, 0.29) is 6.04 Å². The summed E-state index contributed by atoms with van der Waals surface area (Å²) < 4.78 is 5.07. The monoisotopic (exact) mass is 333 g/mol. The quantitative estimate of drug-likeness (QED) is 0.424. The van der Waals surface area contributed by atoms with E-state index in [1.54, 1.807) is 7.11 Å². The van der Waals surface area contributed by atoms with Gasteiger partial charge in [0.2, 0.25) is 0 Å². The summed E-state index contributed by atoms with van der Waals surface area (Å²) in [5.41, 5.74) is 7.19. The molecule has 24 heavy (non-hydrogen) atoms. The fourth-order valence-electron chi connectivity index (χ4n) is 2.95. The van der Waals surface area contributed by atoms with Gasteiger partial charge < -0.3 is 20.7 Å². The van der Waals surface area contributed by atoms with Gasteiger partial charge in [0.1, 0.15) is 0 Å². The Morgan fingerprint density at radius 1 is 1.25 bits per heavy atom. The number of piperazine rings is 1. The smallest absolute Gasteiger partial charge is 0.188 e. The zero-order chi connectivity index (χ0) is 17.2. The molecule has 0 amide bonds. The third-order valence-corrected chi connectivity index (χ3v) is 4.22. The molecule has 0 radical (unpaired) electrons. The first-order valence-corrected chi connectivity index (χ1v) is 8.77. The molecular formula is C18H31N5O. The lowest BCUT2D eigenvalue weighted by atomic mass is 10.2. The highest BCUT2D eigenvalue weighted by molar-refractivity contribution is 5.78. The van der Waals surface area contributed by atoms with Crippen molar-refractivity contribution in [2.24, 2.45) is 10.7 Å². The molecule has 134 valence electrons. The third-order valence-electron chi connectivity index (χ3n) is 4.22. The molecule has 1 fully saturated rings. The normalized spacial score (nSPS) is 17.8. The van der Waals surface area contributed by atoms with Crippen LogP contribution in [-0.2, 0) is 4.74 Å². The van der Waals surface area contributed by atoms with E-state index in [2.05, 4.69) is 50.4 Å². The van der Waals surface area contributed by atoms with Gasteiger partial charge in [-0.05, 0) is 25.5 Å². The van der Waals surface area contributed by atoms with E-state index in [1.807, 2.05) is 6.92 Å². The van der Waals surface area contributed by atoms with Crippen LogP contribution in [0.25, 0.3) is 0 Å². The summed E-state index contributed by atoms with van der Waals surface area (Å²) >= 11 is 0. The highest BCUT2D eigenvalue weighted by atomic mass is 16.5. The van der Waals surface area contributed by atoms with Crippen molar-refractivity contribution >= 4 is 11.6 Å². The summed E-state index contributed by atoms with van der Waals surface area (Å²) in [6, 6.07) is 10.8. The second-order valence-electron chi connectivity index (χ2n) is 6.29. The Balaban J connectivity index is 1.61. The SMILES string of the molecule is COCC(C)NC(N)=NCCCN1CCN(c2ccccc2)CC1. The molecule has 1 saturated heterocycles. The molecule has 1 unspecified atom stereocenters. The lowest BCUT2D eigenvalue weighted by Crippen LogP contribution is -2.46. The first-order chi connectivity index (χ1) is 11.7. The van der Waals surface area contributed by atoms with Crippen LogP contribution in [0.2, 0.25) is 0 Å². The molecule has 0 bridgehead atoms. The Labute approximate surface area is 145 Å². The van der Waals surface area contributed by atoms with Gasteiger partial charge in [0.05, 0.1) is 6.61 Å². The second kappa shape index (κ2) is 10.2. The van der Waals surface area contributed by atoms with Crippen molar-refractivity contribution in [3.63, 3.8) is 0 Å². The van der Waals surface area contributed by atoms with Crippen LogP contribution in [0.1, 0.15) is 13.3 Å². The molecule has 1 aliphatic rings. The van der Waals surface area contributed by atoms with Crippen LogP contribution in [-0.4, -0.2) is 69.9 Å². The Kier molecular flexibility index (Phi) is 7.85. The lowest BCUT2D eigenvalue weighted by molar-refractivity contribution is 0.179. The van der Waals surface area contributed by atoms with E-state index in [0.717, 1.165) is 45.7 Å². The molecule has 1 heterocycles. The fourth-order valence-corrected chi connectivity index (χ4v) is 2.95. The number of rotatable bonds is 8. The van der Waals surface area contributed by atoms with Crippen LogP contribution in [0, 0.1) is 0 Å². The number of aliphatic imine (C=N–C) groups is 1. The molecule has 6 nitrogen and oxygen atoms in total. The van der Waals surface area contributed by atoms with Gasteiger partial charge in [0.15, 0.2) is 5.96 Å². The number of anilines is 1. The number of methoxy groups -OCH3 is 1. The molecule has 3 N–H and O–H groups in total. The van der Waals surface area contributed by atoms with Crippen molar-refractivity contribution in [3.05, 3.63) is 30.3 Å². The van der Waals surface area contributed by atoms with E-state index < -0.39 is 0 Å². The standard InChI is InChI=1S/C18H31N5O/c1-16(15-24-2)21-18(19)20-9-6-10-22-11-13-23(14-12-22)17-7-4-3-5-8-17/h3-5,7-8,16H,6,9-15H2,1-2H3,(H3,19,20,21). The number of nitrogens with two attached hydrogens (primary N) is 1. The van der Waals surface area contributed by atoms with Gasteiger partial charge >= 0.3 is 0 Å². The number of guanidine groups is 1. The predicted molar refractivity (Wildman–Crippen MR) is 101 cm³/mol. The molecule has 1 aromatic rings. The van der Waals surface area contributed by atoms with Crippen LogP contribution in [0.4, 0.5) is 5.69 Å². The number of nitrogens with zero attached hydrogens (tertiary/aromatic N) is 3. The minimum absolute atomic E-state index is 0.185. The molecule has 2 rings (SSSR count). The summed E-state index contributed by atoms with van der Waals surface area (Å²) in [5, 5.41) is 3.13. The number of ether oxygens (including phenoxy) is 1. The van der Waals surface area contributed by atoms with E-state index in [0.29, 0.717) is 12.6 Å². The molecule has 1 atom stereocenters. The largest absolute Gasteiger partial charge is 0.383 e. The van der Waals surface area contributed by atoms with Gasteiger partial charge in [-0.25, -0.2) is 0 Å². The maximum Gasteiger partial charge on any atom is 0.188 e. The van der Waals surface area contributed by atoms with E-state index >= 15 is 0 Å². The van der Waals surface area contributed by atoms with Crippen molar-refractivity contribution in [2.45, 2.75) is 19.4 Å². The van der Waals surface area contributed by atoms with Crippen molar-refractivity contribution in [2.75, 3.05) is 57.9 Å². The zero-order valence-electron chi connectivity index (χ0n) is 14.9. The van der Waals surface area contributed by atoms with Crippen LogP contribution >= 0.6 is 0 Å². The molecule has 1 aromatic carbocycles. The van der Waals surface area contributed by atoms with Crippen LogP contribution in [0.15, 0.2) is 35.3 Å². The lowest BCUT2D eigenvalue weighted by Gasteiger charge is -2.36. The maximum atomic E-state index is 5.87. The Morgan fingerprint density at radius 2 is 1.96 bits per heavy atom. The second-order valence-corrected chi connectivity index (χ2v) is 6.29. The Bertz CT molecular complexity index is 485. The maximum absolute atomic E-state index is 5.87. The predicted octanol–water partition coefficient (Wildman–Crippen LogP) is 1.14. The molecule has 0 aromatic heterocycles. The zero-order valence-corrected chi connectivity index (χ0v) is 14.9. The molecule has 0 aliphatic carbocycles. The van der Waals surface area contributed by atoms with Gasteiger partial charge in [-0.15, -0.1) is 0 Å². The molecule has 0 spiro atoms. The van der Waals surface area contributed by atoms with E-state index in [1.165, 1.54) is 5.69 Å². The average Bonchev–Trinajstić information content (AvgIpc) is 2.60. The average molecular weight is 333 g/mol. The van der Waals surface area contributed by atoms with Gasteiger partial charge in [-0.3, -0.25) is 9.89 Å². The Hall–Kier alpha value is -1.79. The van der Waals surface area contributed by atoms with Crippen molar-refractivity contribution in [3.8, 4) is 0 Å². The summed E-state index contributed by atoms with van der Waals surface area (Å²) in [7, 11) is 1.68. The third kappa shape index (κ3) is 6.37. The first-order valence-electron chi connectivity index (χ1n) is 8.77. The molecule has 6 heteroatoms. The first kappa shape index (κ1) is 18.5. The van der Waals surface area contributed by atoms with Gasteiger partial charge in [-0.1, -0.05) is 18.2 Å². The highest BCUT2D eigenvalue weighted by Crippen LogP contribution is 2.15. The van der Waals surface area contributed by atoms with Gasteiger partial charge in [0, 0.05) is 58.1 Å². The minimum Gasteiger partial charge on any atom is -0.383 e. The topological polar surface area (TPSA) is 66.1 Å². The summed E-state index contributed by atoms with van der Waals surface area (Å²) in [6.45, 7) is 8.88. The molecule has 0 saturated carbocycles. The van der Waals surface area contributed by atoms with Crippen LogP contribution in [0.3, 0.4) is 0 Å². The van der Waals surface area contributed by atoms with E-state index in [4.69, 9.17) is 10.5 Å².